The molecule has 0 radical (unpaired) electrons. The highest BCUT2D eigenvalue weighted by atomic mass is 32.2. The van der Waals surface area contributed by atoms with E-state index in [1.54, 1.807) is 80.7 Å². The molecule has 21 heteroatoms. The maximum Gasteiger partial charge on any atom is 0.288 e. The second kappa shape index (κ2) is 17.4. The van der Waals surface area contributed by atoms with Crippen LogP contribution in [0.15, 0.2) is 91.0 Å². The van der Waals surface area contributed by atoms with Crippen molar-refractivity contribution in [3.63, 3.8) is 0 Å². The van der Waals surface area contributed by atoms with E-state index in [0.717, 1.165) is 11.1 Å². The molecule has 5 aromatic rings. The van der Waals surface area contributed by atoms with Crippen molar-refractivity contribution in [3.8, 4) is 23.0 Å². The predicted molar refractivity (Wildman–Crippen MR) is 248 cm³/mol. The smallest absolute Gasteiger partial charge is 0.288 e. The molecule has 5 atom stereocenters. The van der Waals surface area contributed by atoms with E-state index in [4.69, 9.17) is 18.9 Å². The molecule has 67 heavy (non-hydrogen) atoms. The van der Waals surface area contributed by atoms with Gasteiger partial charge in [0.15, 0.2) is 33.7 Å². The van der Waals surface area contributed by atoms with Crippen molar-refractivity contribution in [2.75, 3.05) is 47.0 Å². The maximum atomic E-state index is 14.2. The fourth-order valence-corrected chi connectivity index (χ4v) is 10.9. The van der Waals surface area contributed by atoms with Crippen LogP contribution in [0.2, 0.25) is 0 Å². The Morgan fingerprint density at radius 1 is 0.687 bits per heavy atom. The van der Waals surface area contributed by atoms with Crippen molar-refractivity contribution in [2.24, 2.45) is 0 Å². The summed E-state index contributed by atoms with van der Waals surface area (Å²) in [6.45, 7) is 1.40. The largest absolute Gasteiger partial charge is 0.493 e. The van der Waals surface area contributed by atoms with Gasteiger partial charge >= 0.3 is 0 Å². The molecule has 9 rings (SSSR count). The number of para-hydroxylation sites is 2. The number of methoxy groups -OCH3 is 2. The minimum atomic E-state index is -4.75. The van der Waals surface area contributed by atoms with Gasteiger partial charge in [0.05, 0.1) is 54.8 Å². The molecule has 0 bridgehead atoms. The highest BCUT2D eigenvalue weighted by Crippen LogP contribution is 2.45. The number of rotatable bonds is 13. The number of carbonyl (C=O) groups excluding carboxylic acids is 3. The lowest BCUT2D eigenvalue weighted by atomic mass is 10.1. The van der Waals surface area contributed by atoms with Crippen LogP contribution >= 0.6 is 0 Å². The van der Waals surface area contributed by atoms with Crippen LogP contribution in [0.1, 0.15) is 49.9 Å². The minimum Gasteiger partial charge on any atom is -0.493 e. The van der Waals surface area contributed by atoms with Crippen LogP contribution in [0, 0.1) is 0 Å². The zero-order chi connectivity index (χ0) is 47.5. The van der Waals surface area contributed by atoms with Crippen LogP contribution in [0.3, 0.4) is 0 Å². The van der Waals surface area contributed by atoms with Crippen molar-refractivity contribution >= 4 is 66.4 Å². The summed E-state index contributed by atoms with van der Waals surface area (Å²) in [5.41, 5.74) is 4.35. The molecule has 0 aliphatic carbocycles. The highest BCUT2D eigenvalue weighted by molar-refractivity contribution is 7.86. The molecule has 5 aromatic carbocycles. The number of hydrogen-bond acceptors (Lipinski definition) is 14. The molecule has 4 heterocycles. The fraction of sp³-hybridized carbons (Fsp3) is 0.283. The summed E-state index contributed by atoms with van der Waals surface area (Å²) >= 11 is 0. The van der Waals surface area contributed by atoms with E-state index in [0.29, 0.717) is 28.2 Å². The van der Waals surface area contributed by atoms with Gasteiger partial charge in [0, 0.05) is 29.2 Å². The van der Waals surface area contributed by atoms with Gasteiger partial charge in [0.25, 0.3) is 32.1 Å². The Kier molecular flexibility index (Phi) is 11.7. The molecule has 3 unspecified atom stereocenters. The summed E-state index contributed by atoms with van der Waals surface area (Å²) in [4.78, 5) is 44.2. The number of carbonyl (C=O) groups is 3. The molecule has 3 amide bonds. The first-order chi connectivity index (χ1) is 32.0. The van der Waals surface area contributed by atoms with Crippen LogP contribution in [-0.4, -0.2) is 93.8 Å². The number of amides is 3. The second-order valence-electron chi connectivity index (χ2n) is 16.5. The molecule has 4 aliphatic rings. The van der Waals surface area contributed by atoms with Gasteiger partial charge in [-0.25, -0.2) is 0 Å². The molecule has 4 aliphatic heterocycles. The van der Waals surface area contributed by atoms with Gasteiger partial charge in [-0.1, -0.05) is 36.4 Å². The first-order valence-corrected chi connectivity index (χ1v) is 24.1. The summed E-state index contributed by atoms with van der Waals surface area (Å²) in [5.74, 6) is -0.794. The Morgan fingerprint density at radius 2 is 1.12 bits per heavy atom. The topological polar surface area (TPSA) is 251 Å². The van der Waals surface area contributed by atoms with Gasteiger partial charge in [0.1, 0.15) is 13.2 Å². The number of fused-ring (bicyclic) bond motifs is 8. The number of hydrogen-bond donors (Lipinski definition) is 6. The third kappa shape index (κ3) is 8.44. The first kappa shape index (κ1) is 45.3. The molecule has 6 N–H and O–H groups in total. The van der Waals surface area contributed by atoms with E-state index >= 15 is 0 Å². The number of anilines is 5. The zero-order valence-electron chi connectivity index (χ0n) is 36.5. The quantitative estimate of drug-likeness (QED) is 0.0865. The Hall–Kier alpha value is -6.91. The average molecular weight is 955 g/mol. The molecule has 0 spiro atoms. The molecule has 0 fully saturated rings. The standard InChI is InChI=1S/C46H46N6O13S2/c1-24(47-2)42(53)48-29-14-25(22-64-40-20-32-30(18-38(40)62-3)45(54)51-34-11-7-5-9-27(34)16-36(51)43(49-32)66(56,57)58)13-26(15-29)23-65-41-21-33-31(19-39(41)63-4)46(55)52-35-12-8-6-10-28(35)17-37(52)44(50-33)67(59,60)61/h5-15,18-21,24,36-37,43-44,47,49-50H,16-17,22-23H2,1-4H3,(H,48,53)(H,56,57,58)(H,59,60,61)/t24-,36?,37?,43+,44?/m0/s1. The van der Waals surface area contributed by atoms with Gasteiger partial charge < -0.3 is 50.0 Å². The van der Waals surface area contributed by atoms with Crippen LogP contribution in [0.25, 0.3) is 0 Å². The maximum absolute atomic E-state index is 14.2. The van der Waals surface area contributed by atoms with Gasteiger partial charge in [-0.3, -0.25) is 23.5 Å². The average Bonchev–Trinajstić information content (AvgIpc) is 3.81. The Balaban J connectivity index is 1.02. The molecular formula is C46H46N6O13S2. The van der Waals surface area contributed by atoms with E-state index in [1.165, 1.54) is 48.3 Å². The SMILES string of the molecule is CN[C@@H](C)C(=O)Nc1cc(COc2cc3c(cc2OC)C(=O)N2c4ccccc4CC2C(S(=O)(=O)O)N3)cc(COc2cc3c(cc2OC)C(=O)N2c4ccccc4CC2[C@@H](S(=O)(=O)O)N3)c1. The summed E-state index contributed by atoms with van der Waals surface area (Å²) in [6, 6.07) is 22.5. The Morgan fingerprint density at radius 3 is 1.52 bits per heavy atom. The number of nitrogens with zero attached hydrogens (tertiary/aromatic N) is 2. The molecular weight excluding hydrogens is 909 g/mol. The van der Waals surface area contributed by atoms with E-state index < -0.39 is 60.9 Å². The van der Waals surface area contributed by atoms with Crippen molar-refractivity contribution in [1.82, 2.24) is 5.32 Å². The van der Waals surface area contributed by atoms with E-state index in [2.05, 4.69) is 21.3 Å². The second-order valence-corrected chi connectivity index (χ2v) is 19.6. The van der Waals surface area contributed by atoms with Crippen molar-refractivity contribution in [3.05, 3.63) is 124 Å². The Labute approximate surface area is 385 Å². The van der Waals surface area contributed by atoms with Crippen molar-refractivity contribution in [2.45, 2.75) is 61.9 Å². The van der Waals surface area contributed by atoms with Crippen molar-refractivity contribution in [1.29, 1.82) is 0 Å². The lowest BCUT2D eigenvalue weighted by Crippen LogP contribution is -2.49. The van der Waals surface area contributed by atoms with Crippen LogP contribution in [0.5, 0.6) is 23.0 Å². The van der Waals surface area contributed by atoms with Crippen LogP contribution in [-0.2, 0) is 51.1 Å². The summed E-state index contributed by atoms with van der Waals surface area (Å²) in [5, 5.41) is 8.40. The van der Waals surface area contributed by atoms with Crippen molar-refractivity contribution < 1.29 is 59.3 Å². The summed E-state index contributed by atoms with van der Waals surface area (Å²) in [7, 11) is -5.08. The molecule has 19 nitrogen and oxygen atoms in total. The Bertz CT molecular complexity index is 2890. The lowest BCUT2D eigenvalue weighted by molar-refractivity contribution is -0.117. The monoisotopic (exact) mass is 954 g/mol. The number of likely N-dealkylation sites (N-methyl/N-ethyl adjacent to an activating group) is 1. The summed E-state index contributed by atoms with van der Waals surface area (Å²) in [6.07, 6.45) is 0.359. The van der Waals surface area contributed by atoms with Gasteiger partial charge in [-0.2, -0.15) is 16.8 Å². The normalized spacial score (nSPS) is 19.7. The first-order valence-electron chi connectivity index (χ1n) is 21.1. The lowest BCUT2D eigenvalue weighted by Gasteiger charge is -2.27. The fourth-order valence-electron chi connectivity index (χ4n) is 9.10. The molecule has 350 valence electrons. The number of ether oxygens (including phenoxy) is 4. The van der Waals surface area contributed by atoms with Gasteiger partial charge in [-0.15, -0.1) is 0 Å². The molecule has 0 aromatic heterocycles. The van der Waals surface area contributed by atoms with E-state index in [-0.39, 0.29) is 77.5 Å². The van der Waals surface area contributed by atoms with Crippen LogP contribution in [0.4, 0.5) is 28.4 Å². The number of nitrogens with one attached hydrogen (secondary N) is 4. The van der Waals surface area contributed by atoms with E-state index in [9.17, 15) is 40.3 Å². The van der Waals surface area contributed by atoms with E-state index in [1.807, 2.05) is 0 Å². The zero-order valence-corrected chi connectivity index (χ0v) is 38.1. The predicted octanol–water partition coefficient (Wildman–Crippen LogP) is 4.83. The van der Waals surface area contributed by atoms with Gasteiger partial charge in [0.2, 0.25) is 5.91 Å². The van der Waals surface area contributed by atoms with Crippen LogP contribution < -0.4 is 50.0 Å². The highest BCUT2D eigenvalue weighted by Gasteiger charge is 2.49. The van der Waals surface area contributed by atoms with Gasteiger partial charge in [-0.05, 0) is 91.5 Å². The number of benzene rings is 5. The minimum absolute atomic E-state index is 0.0884. The third-order valence-corrected chi connectivity index (χ3v) is 14.5. The third-order valence-electron chi connectivity index (χ3n) is 12.4. The summed E-state index contributed by atoms with van der Waals surface area (Å²) < 4.78 is 96.2. The molecule has 0 saturated carbocycles. The molecule has 0 saturated heterocycles.